The number of nitrogens with zero attached hydrogens (tertiary/aromatic N) is 1. The van der Waals surface area contributed by atoms with Crippen molar-refractivity contribution in [3.63, 3.8) is 0 Å². The molecule has 0 amide bonds. The van der Waals surface area contributed by atoms with Crippen molar-refractivity contribution in [2.45, 2.75) is 6.61 Å². The van der Waals surface area contributed by atoms with Crippen LogP contribution >= 0.6 is 11.6 Å². The van der Waals surface area contributed by atoms with Crippen LogP contribution in [-0.2, 0) is 0 Å². The van der Waals surface area contributed by atoms with Crippen molar-refractivity contribution in [1.29, 1.82) is 0 Å². The van der Waals surface area contributed by atoms with E-state index < -0.39 is 23.3 Å². The SMILES string of the molecule is Fc1ccnc(Cl)c1OC(F)F. The largest absolute Gasteiger partial charge is 0.428 e. The molecule has 0 unspecified atom stereocenters. The van der Waals surface area contributed by atoms with Gasteiger partial charge in [-0.15, -0.1) is 0 Å². The fraction of sp³-hybridized carbons (Fsp3) is 0.167. The van der Waals surface area contributed by atoms with E-state index in [2.05, 4.69) is 9.72 Å². The fourth-order valence-corrected chi connectivity index (χ4v) is 0.786. The van der Waals surface area contributed by atoms with Crippen LogP contribution in [0.15, 0.2) is 12.3 Å². The lowest BCUT2D eigenvalue weighted by molar-refractivity contribution is -0.0523. The van der Waals surface area contributed by atoms with Crippen LogP contribution in [0.25, 0.3) is 0 Å². The molecule has 66 valence electrons. The van der Waals surface area contributed by atoms with Gasteiger partial charge in [0.25, 0.3) is 0 Å². The van der Waals surface area contributed by atoms with E-state index in [1.165, 1.54) is 0 Å². The molecule has 0 atom stereocenters. The van der Waals surface area contributed by atoms with Gasteiger partial charge in [0.15, 0.2) is 16.7 Å². The first-order valence-electron chi connectivity index (χ1n) is 2.86. The van der Waals surface area contributed by atoms with Gasteiger partial charge in [-0.2, -0.15) is 8.78 Å². The quantitative estimate of drug-likeness (QED) is 0.680. The summed E-state index contributed by atoms with van der Waals surface area (Å²) in [5.74, 6) is -1.69. The van der Waals surface area contributed by atoms with Gasteiger partial charge in [0, 0.05) is 6.20 Å². The molecule has 1 rings (SSSR count). The highest BCUT2D eigenvalue weighted by Gasteiger charge is 2.13. The summed E-state index contributed by atoms with van der Waals surface area (Å²) in [7, 11) is 0. The van der Waals surface area contributed by atoms with Crippen LogP contribution < -0.4 is 4.74 Å². The number of ether oxygens (including phenoxy) is 1. The van der Waals surface area contributed by atoms with E-state index in [-0.39, 0.29) is 0 Å². The molecule has 0 bridgehead atoms. The Morgan fingerprint density at radius 2 is 2.17 bits per heavy atom. The average molecular weight is 198 g/mol. The number of alkyl halides is 2. The third-order valence-electron chi connectivity index (χ3n) is 1.02. The molecule has 12 heavy (non-hydrogen) atoms. The normalized spacial score (nSPS) is 10.4. The summed E-state index contributed by atoms with van der Waals surface area (Å²) in [6.45, 7) is -3.11. The maximum absolute atomic E-state index is 12.6. The summed E-state index contributed by atoms with van der Waals surface area (Å²) in [5, 5.41) is -0.421. The molecular weight excluding hydrogens is 195 g/mol. The average Bonchev–Trinajstić information content (AvgIpc) is 1.97. The summed E-state index contributed by atoms with van der Waals surface area (Å²) in [5.41, 5.74) is 0. The summed E-state index contributed by atoms with van der Waals surface area (Å²) in [4.78, 5) is 3.36. The minimum Gasteiger partial charge on any atom is -0.428 e. The van der Waals surface area contributed by atoms with Gasteiger partial charge < -0.3 is 4.74 Å². The highest BCUT2D eigenvalue weighted by molar-refractivity contribution is 6.30. The Morgan fingerprint density at radius 1 is 1.50 bits per heavy atom. The van der Waals surface area contributed by atoms with Crippen LogP contribution in [0.1, 0.15) is 0 Å². The molecule has 0 aliphatic rings. The van der Waals surface area contributed by atoms with Gasteiger partial charge in [0.05, 0.1) is 0 Å². The molecule has 0 radical (unpaired) electrons. The van der Waals surface area contributed by atoms with Gasteiger partial charge >= 0.3 is 6.61 Å². The van der Waals surface area contributed by atoms with Gasteiger partial charge in [-0.1, -0.05) is 11.6 Å². The van der Waals surface area contributed by atoms with E-state index in [4.69, 9.17) is 11.6 Å². The van der Waals surface area contributed by atoms with Crippen molar-refractivity contribution < 1.29 is 17.9 Å². The van der Waals surface area contributed by atoms with Gasteiger partial charge in [-0.3, -0.25) is 0 Å². The lowest BCUT2D eigenvalue weighted by atomic mass is 10.4. The molecule has 0 aliphatic carbocycles. The van der Waals surface area contributed by atoms with Gasteiger partial charge in [0.1, 0.15) is 0 Å². The molecule has 0 aromatic carbocycles. The Kier molecular flexibility index (Phi) is 2.75. The molecule has 1 aromatic heterocycles. The van der Waals surface area contributed by atoms with Crippen molar-refractivity contribution in [1.82, 2.24) is 4.98 Å². The molecule has 0 N–H and O–H groups in total. The van der Waals surface area contributed by atoms with Gasteiger partial charge in [-0.25, -0.2) is 9.37 Å². The van der Waals surface area contributed by atoms with Crippen LogP contribution in [0.2, 0.25) is 5.15 Å². The molecule has 0 fully saturated rings. The zero-order valence-corrected chi connectivity index (χ0v) is 6.36. The third kappa shape index (κ3) is 2.01. The summed E-state index contributed by atoms with van der Waals surface area (Å²) < 4.78 is 39.6. The molecule has 0 aliphatic heterocycles. The zero-order valence-electron chi connectivity index (χ0n) is 5.60. The Bertz CT molecular complexity index is 261. The van der Waals surface area contributed by atoms with E-state index in [0.29, 0.717) is 0 Å². The molecule has 1 aromatic rings. The zero-order chi connectivity index (χ0) is 9.14. The van der Waals surface area contributed by atoms with Crippen molar-refractivity contribution >= 4 is 11.6 Å². The molecule has 1 heterocycles. The van der Waals surface area contributed by atoms with E-state index in [9.17, 15) is 13.2 Å². The highest BCUT2D eigenvalue weighted by atomic mass is 35.5. The van der Waals surface area contributed by atoms with E-state index in [1.807, 2.05) is 0 Å². The minimum absolute atomic E-state index is 0.421. The summed E-state index contributed by atoms with van der Waals surface area (Å²) in [6.07, 6.45) is 1.05. The lowest BCUT2D eigenvalue weighted by Gasteiger charge is -2.05. The molecule has 0 spiro atoms. The maximum Gasteiger partial charge on any atom is 0.387 e. The first-order chi connectivity index (χ1) is 5.61. The Morgan fingerprint density at radius 3 is 2.67 bits per heavy atom. The van der Waals surface area contributed by atoms with E-state index in [1.54, 1.807) is 0 Å². The van der Waals surface area contributed by atoms with Gasteiger partial charge in [0.2, 0.25) is 0 Å². The van der Waals surface area contributed by atoms with Crippen molar-refractivity contribution in [3.8, 4) is 5.75 Å². The number of rotatable bonds is 2. The number of halogens is 4. The minimum atomic E-state index is -3.11. The first kappa shape index (κ1) is 9.12. The lowest BCUT2D eigenvalue weighted by Crippen LogP contribution is -2.04. The number of pyridine rings is 1. The van der Waals surface area contributed by atoms with Crippen LogP contribution in [0.4, 0.5) is 13.2 Å². The Labute approximate surface area is 70.9 Å². The molecule has 6 heteroatoms. The molecule has 2 nitrogen and oxygen atoms in total. The van der Waals surface area contributed by atoms with Crippen molar-refractivity contribution in [2.24, 2.45) is 0 Å². The molecular formula is C6H3ClF3NO. The maximum atomic E-state index is 12.6. The smallest absolute Gasteiger partial charge is 0.387 e. The Hall–Kier alpha value is -0.970. The number of hydrogen-bond acceptors (Lipinski definition) is 2. The first-order valence-corrected chi connectivity index (χ1v) is 3.24. The van der Waals surface area contributed by atoms with Crippen LogP contribution in [0.5, 0.6) is 5.75 Å². The molecule has 0 saturated carbocycles. The fourth-order valence-electron chi connectivity index (χ4n) is 0.595. The van der Waals surface area contributed by atoms with E-state index in [0.717, 1.165) is 12.3 Å². The van der Waals surface area contributed by atoms with E-state index >= 15 is 0 Å². The summed E-state index contributed by atoms with van der Waals surface area (Å²) >= 11 is 5.26. The second-order valence-electron chi connectivity index (χ2n) is 1.79. The second-order valence-corrected chi connectivity index (χ2v) is 2.15. The predicted molar refractivity (Wildman–Crippen MR) is 35.8 cm³/mol. The Balaban J connectivity index is 2.96. The molecule has 0 saturated heterocycles. The summed E-state index contributed by atoms with van der Waals surface area (Å²) in [6, 6.07) is 0.879. The second kappa shape index (κ2) is 3.62. The topological polar surface area (TPSA) is 22.1 Å². The third-order valence-corrected chi connectivity index (χ3v) is 1.29. The monoisotopic (exact) mass is 197 g/mol. The van der Waals surface area contributed by atoms with Crippen molar-refractivity contribution in [2.75, 3.05) is 0 Å². The van der Waals surface area contributed by atoms with Crippen LogP contribution in [0, 0.1) is 5.82 Å². The van der Waals surface area contributed by atoms with Crippen molar-refractivity contribution in [3.05, 3.63) is 23.2 Å². The van der Waals surface area contributed by atoms with Gasteiger partial charge in [-0.05, 0) is 6.07 Å². The number of aromatic nitrogens is 1. The van der Waals surface area contributed by atoms with Crippen LogP contribution in [0.3, 0.4) is 0 Å². The van der Waals surface area contributed by atoms with Crippen LogP contribution in [-0.4, -0.2) is 11.6 Å². The number of hydrogen-bond donors (Lipinski definition) is 0. The highest BCUT2D eigenvalue weighted by Crippen LogP contribution is 2.26. The predicted octanol–water partition coefficient (Wildman–Crippen LogP) is 2.48. The standard InChI is InChI=1S/C6H3ClF3NO/c7-5-4(12-6(9)10)3(8)1-2-11-5/h1-2,6H.